The Kier molecular flexibility index (Phi) is 4.10. The van der Waals surface area contributed by atoms with Crippen LogP contribution >= 0.6 is 0 Å². The Bertz CT molecular complexity index is 685. The highest BCUT2D eigenvalue weighted by Crippen LogP contribution is 2.62. The molecule has 0 radical (unpaired) electrons. The zero-order valence-electron chi connectivity index (χ0n) is 16.0. The summed E-state index contributed by atoms with van der Waals surface area (Å²) in [5.74, 6) is 3.15. The standard InChI is InChI=1S/C22H31NO2/c1-6-12-23-13-11-22-17(16(23)4)9-7-15(3)21(22)25-20-18(24-5)10-8-14(2)19(20)22/h6,8,10,15-17,21H,1,7,9,11-13H2,2-5H3/t15?,16-,17+,21+,22+/m0/s1. The summed E-state index contributed by atoms with van der Waals surface area (Å²) >= 11 is 0. The second kappa shape index (κ2) is 6.05. The lowest BCUT2D eigenvalue weighted by molar-refractivity contribution is -0.0582. The summed E-state index contributed by atoms with van der Waals surface area (Å²) in [6.07, 6.45) is 6.03. The molecule has 4 rings (SSSR count). The lowest BCUT2D eigenvalue weighted by Crippen LogP contribution is -2.62. The molecule has 25 heavy (non-hydrogen) atoms. The first kappa shape index (κ1) is 17.0. The molecule has 1 aromatic carbocycles. The van der Waals surface area contributed by atoms with Gasteiger partial charge in [-0.15, -0.1) is 6.58 Å². The quantitative estimate of drug-likeness (QED) is 0.764. The maximum Gasteiger partial charge on any atom is 0.165 e. The molecule has 1 unspecified atom stereocenters. The van der Waals surface area contributed by atoms with E-state index in [-0.39, 0.29) is 11.5 Å². The van der Waals surface area contributed by atoms with Crippen molar-refractivity contribution in [1.82, 2.24) is 4.90 Å². The van der Waals surface area contributed by atoms with Crippen LogP contribution in [0.25, 0.3) is 0 Å². The van der Waals surface area contributed by atoms with Crippen molar-refractivity contribution in [2.75, 3.05) is 20.2 Å². The summed E-state index contributed by atoms with van der Waals surface area (Å²) in [6, 6.07) is 4.84. The molecule has 1 aliphatic carbocycles. The number of fused-ring (bicyclic) bond motifs is 1. The third-order valence-corrected chi connectivity index (χ3v) is 7.21. The van der Waals surface area contributed by atoms with E-state index in [4.69, 9.17) is 9.47 Å². The molecule has 0 amide bonds. The highest BCUT2D eigenvalue weighted by molar-refractivity contribution is 5.59. The molecule has 2 fully saturated rings. The van der Waals surface area contributed by atoms with Gasteiger partial charge in [0.2, 0.25) is 0 Å². The average Bonchev–Trinajstić information content (AvgIpc) is 2.95. The summed E-state index contributed by atoms with van der Waals surface area (Å²) in [5.41, 5.74) is 2.95. The molecule has 3 nitrogen and oxygen atoms in total. The molecule has 1 spiro atoms. The lowest BCUT2D eigenvalue weighted by atomic mass is 9.53. The molecule has 0 bridgehead atoms. The van der Waals surface area contributed by atoms with Crippen molar-refractivity contribution in [3.8, 4) is 11.5 Å². The highest BCUT2D eigenvalue weighted by atomic mass is 16.5. The second-order valence-electron chi connectivity index (χ2n) is 8.30. The Morgan fingerprint density at radius 1 is 1.36 bits per heavy atom. The molecule has 2 aliphatic heterocycles. The first-order valence-electron chi connectivity index (χ1n) is 9.74. The molecule has 0 N–H and O–H groups in total. The van der Waals surface area contributed by atoms with E-state index < -0.39 is 0 Å². The topological polar surface area (TPSA) is 21.7 Å². The van der Waals surface area contributed by atoms with Crippen molar-refractivity contribution in [1.29, 1.82) is 0 Å². The Morgan fingerprint density at radius 3 is 2.88 bits per heavy atom. The Balaban J connectivity index is 1.87. The Morgan fingerprint density at radius 2 is 2.16 bits per heavy atom. The first-order valence-corrected chi connectivity index (χ1v) is 9.74. The molecular weight excluding hydrogens is 310 g/mol. The minimum absolute atomic E-state index is 0.142. The van der Waals surface area contributed by atoms with Gasteiger partial charge in [-0.3, -0.25) is 4.90 Å². The molecule has 5 atom stereocenters. The number of ether oxygens (including phenoxy) is 2. The van der Waals surface area contributed by atoms with E-state index in [2.05, 4.69) is 44.4 Å². The van der Waals surface area contributed by atoms with E-state index in [0.29, 0.717) is 17.9 Å². The summed E-state index contributed by atoms with van der Waals surface area (Å²) in [4.78, 5) is 2.60. The Labute approximate surface area is 152 Å². The second-order valence-corrected chi connectivity index (χ2v) is 8.30. The molecular formula is C22H31NO2. The lowest BCUT2D eigenvalue weighted by Gasteiger charge is -2.56. The van der Waals surface area contributed by atoms with Crippen LogP contribution in [0.2, 0.25) is 0 Å². The SMILES string of the molecule is C=CCN1CC[C@@]23c4c(C)ccc(OC)c4O[C@@H]2C(C)CC[C@@H]3[C@@H]1C. The number of hydrogen-bond donors (Lipinski definition) is 0. The summed E-state index contributed by atoms with van der Waals surface area (Å²) < 4.78 is 12.3. The van der Waals surface area contributed by atoms with Crippen molar-refractivity contribution in [3.63, 3.8) is 0 Å². The van der Waals surface area contributed by atoms with E-state index in [9.17, 15) is 0 Å². The van der Waals surface area contributed by atoms with Gasteiger partial charge in [0.25, 0.3) is 0 Å². The van der Waals surface area contributed by atoms with E-state index >= 15 is 0 Å². The van der Waals surface area contributed by atoms with Gasteiger partial charge in [0.05, 0.1) is 7.11 Å². The van der Waals surface area contributed by atoms with Gasteiger partial charge in [0, 0.05) is 23.6 Å². The van der Waals surface area contributed by atoms with Gasteiger partial charge in [-0.25, -0.2) is 0 Å². The molecule has 3 heteroatoms. The first-order chi connectivity index (χ1) is 12.0. The van der Waals surface area contributed by atoms with Crippen LogP contribution in [0.4, 0.5) is 0 Å². The van der Waals surface area contributed by atoms with Crippen LogP contribution in [-0.4, -0.2) is 37.2 Å². The summed E-state index contributed by atoms with van der Waals surface area (Å²) in [7, 11) is 1.75. The summed E-state index contributed by atoms with van der Waals surface area (Å²) in [5, 5.41) is 0. The van der Waals surface area contributed by atoms with E-state index in [1.165, 1.54) is 30.4 Å². The predicted molar refractivity (Wildman–Crippen MR) is 102 cm³/mol. The Hall–Kier alpha value is -1.48. The van der Waals surface area contributed by atoms with Crippen molar-refractivity contribution in [2.24, 2.45) is 11.8 Å². The number of benzene rings is 1. The molecule has 0 aromatic heterocycles. The molecule has 1 aromatic rings. The number of hydrogen-bond acceptors (Lipinski definition) is 3. The van der Waals surface area contributed by atoms with Gasteiger partial charge in [-0.05, 0) is 63.1 Å². The monoisotopic (exact) mass is 341 g/mol. The zero-order valence-corrected chi connectivity index (χ0v) is 16.0. The normalized spacial score (nSPS) is 36.8. The maximum atomic E-state index is 6.67. The number of methoxy groups -OCH3 is 1. The number of likely N-dealkylation sites (tertiary alicyclic amines) is 1. The zero-order chi connectivity index (χ0) is 17.8. The molecule has 1 saturated carbocycles. The van der Waals surface area contributed by atoms with Gasteiger partial charge >= 0.3 is 0 Å². The van der Waals surface area contributed by atoms with Gasteiger partial charge < -0.3 is 9.47 Å². The maximum absolute atomic E-state index is 6.67. The fraction of sp³-hybridized carbons (Fsp3) is 0.636. The molecule has 1 saturated heterocycles. The van der Waals surface area contributed by atoms with Crippen molar-refractivity contribution in [3.05, 3.63) is 35.9 Å². The van der Waals surface area contributed by atoms with Gasteiger partial charge in [0.1, 0.15) is 6.10 Å². The molecule has 136 valence electrons. The van der Waals surface area contributed by atoms with E-state index in [0.717, 1.165) is 24.6 Å². The summed E-state index contributed by atoms with van der Waals surface area (Å²) in [6.45, 7) is 13.1. The fourth-order valence-corrected chi connectivity index (χ4v) is 6.10. The van der Waals surface area contributed by atoms with Gasteiger partial charge in [0.15, 0.2) is 11.5 Å². The van der Waals surface area contributed by atoms with Crippen LogP contribution < -0.4 is 9.47 Å². The number of aryl methyl sites for hydroxylation is 1. The average molecular weight is 341 g/mol. The largest absolute Gasteiger partial charge is 0.493 e. The molecule has 3 aliphatic rings. The van der Waals surface area contributed by atoms with E-state index in [1.54, 1.807) is 7.11 Å². The van der Waals surface area contributed by atoms with Crippen LogP contribution in [0.5, 0.6) is 11.5 Å². The minimum atomic E-state index is 0.142. The van der Waals surface area contributed by atoms with E-state index in [1.807, 2.05) is 6.08 Å². The molecule has 2 heterocycles. The fourth-order valence-electron chi connectivity index (χ4n) is 6.10. The van der Waals surface area contributed by atoms with Crippen LogP contribution in [0.15, 0.2) is 24.8 Å². The van der Waals surface area contributed by atoms with Crippen LogP contribution in [0.3, 0.4) is 0 Å². The number of nitrogens with zero attached hydrogens (tertiary/aromatic N) is 1. The van der Waals surface area contributed by atoms with Crippen LogP contribution in [0.1, 0.15) is 44.2 Å². The predicted octanol–water partition coefficient (Wildman–Crippen LogP) is 4.33. The van der Waals surface area contributed by atoms with Crippen molar-refractivity contribution < 1.29 is 9.47 Å². The number of rotatable bonds is 3. The van der Waals surface area contributed by atoms with Gasteiger partial charge in [-0.2, -0.15) is 0 Å². The van der Waals surface area contributed by atoms with Crippen LogP contribution in [0, 0.1) is 18.8 Å². The number of piperidine rings is 1. The van der Waals surface area contributed by atoms with Crippen molar-refractivity contribution >= 4 is 0 Å². The smallest absolute Gasteiger partial charge is 0.165 e. The van der Waals surface area contributed by atoms with Crippen LogP contribution in [-0.2, 0) is 5.41 Å². The third-order valence-electron chi connectivity index (χ3n) is 7.21. The van der Waals surface area contributed by atoms with Crippen molar-refractivity contribution in [2.45, 2.75) is 57.6 Å². The highest BCUT2D eigenvalue weighted by Gasteiger charge is 2.61. The minimum Gasteiger partial charge on any atom is -0.493 e. The van der Waals surface area contributed by atoms with Gasteiger partial charge in [-0.1, -0.05) is 19.1 Å². The third kappa shape index (κ3) is 2.21.